The Morgan fingerprint density at radius 2 is 1.96 bits per heavy atom. The summed E-state index contributed by atoms with van der Waals surface area (Å²) in [6.45, 7) is 4.47. The molecule has 0 bridgehead atoms. The molecule has 2 N–H and O–H groups in total. The molecule has 2 amide bonds. The van der Waals surface area contributed by atoms with E-state index in [1.54, 1.807) is 0 Å². The zero-order valence-corrected chi connectivity index (χ0v) is 14.0. The second-order valence-corrected chi connectivity index (χ2v) is 6.60. The van der Waals surface area contributed by atoms with Crippen molar-refractivity contribution in [1.82, 2.24) is 10.3 Å². The van der Waals surface area contributed by atoms with Crippen LogP contribution < -0.4 is 10.7 Å². The average Bonchev–Trinajstić information content (AvgIpc) is 2.57. The summed E-state index contributed by atoms with van der Waals surface area (Å²) in [5, 5.41) is 7.10. The molecule has 0 radical (unpaired) electrons. The van der Waals surface area contributed by atoms with Crippen LogP contribution in [-0.4, -0.2) is 42.1 Å². The van der Waals surface area contributed by atoms with Gasteiger partial charge >= 0.3 is 0 Å². The van der Waals surface area contributed by atoms with Gasteiger partial charge in [0, 0.05) is 18.0 Å². The second kappa shape index (κ2) is 7.57. The molecule has 0 spiro atoms. The molecule has 6 heteroatoms. The maximum Gasteiger partial charge on any atom is 0.240 e. The Hall–Kier alpha value is -2.21. The van der Waals surface area contributed by atoms with Crippen molar-refractivity contribution in [2.75, 3.05) is 25.0 Å². The number of likely N-dealkylation sites (tertiary alicyclic amines) is 1. The first-order chi connectivity index (χ1) is 11.6. The Morgan fingerprint density at radius 3 is 2.62 bits per heavy atom. The molecule has 0 aliphatic carbocycles. The zero-order chi connectivity index (χ0) is 16.9. The van der Waals surface area contributed by atoms with E-state index in [9.17, 15) is 9.59 Å². The number of piperidine rings is 1. The number of hydrazone groups is 1. The van der Waals surface area contributed by atoms with Gasteiger partial charge in [0.1, 0.15) is 0 Å². The lowest BCUT2D eigenvalue weighted by atomic mass is 9.94. The molecular weight excluding hydrogens is 304 g/mol. The van der Waals surface area contributed by atoms with E-state index >= 15 is 0 Å². The van der Waals surface area contributed by atoms with Gasteiger partial charge < -0.3 is 5.32 Å². The Labute approximate surface area is 142 Å². The predicted molar refractivity (Wildman–Crippen MR) is 93.8 cm³/mol. The van der Waals surface area contributed by atoms with E-state index in [4.69, 9.17) is 0 Å². The van der Waals surface area contributed by atoms with Crippen molar-refractivity contribution in [2.24, 2.45) is 11.0 Å². The van der Waals surface area contributed by atoms with E-state index in [-0.39, 0.29) is 17.7 Å². The van der Waals surface area contributed by atoms with E-state index in [1.807, 2.05) is 31.2 Å². The first kappa shape index (κ1) is 16.6. The Bertz CT molecular complexity index is 633. The third-order valence-corrected chi connectivity index (χ3v) is 4.54. The number of hydrogen-bond acceptors (Lipinski definition) is 4. The largest absolute Gasteiger partial charge is 0.325 e. The van der Waals surface area contributed by atoms with Crippen molar-refractivity contribution in [1.29, 1.82) is 0 Å². The van der Waals surface area contributed by atoms with Crippen LogP contribution >= 0.6 is 0 Å². The molecule has 1 aromatic carbocycles. The minimum atomic E-state index is -0.0483. The number of nitrogens with zero attached hydrogens (tertiary/aromatic N) is 2. The molecule has 0 saturated carbocycles. The normalized spacial score (nSPS) is 21.8. The number of hydrogen-bond donors (Lipinski definition) is 2. The molecule has 1 atom stereocenters. The van der Waals surface area contributed by atoms with Crippen LogP contribution in [0.1, 0.15) is 38.2 Å². The van der Waals surface area contributed by atoms with Crippen LogP contribution in [0.3, 0.4) is 0 Å². The van der Waals surface area contributed by atoms with Crippen molar-refractivity contribution in [3.05, 3.63) is 29.8 Å². The quantitative estimate of drug-likeness (QED) is 0.887. The molecular formula is C18H24N4O2. The monoisotopic (exact) mass is 328 g/mol. The van der Waals surface area contributed by atoms with Gasteiger partial charge in [-0.05, 0) is 43.6 Å². The van der Waals surface area contributed by atoms with Gasteiger partial charge in [-0.25, -0.2) is 5.43 Å². The van der Waals surface area contributed by atoms with Crippen LogP contribution in [0.2, 0.25) is 0 Å². The van der Waals surface area contributed by atoms with Gasteiger partial charge in [-0.1, -0.05) is 25.5 Å². The molecule has 128 valence electrons. The zero-order valence-electron chi connectivity index (χ0n) is 14.0. The summed E-state index contributed by atoms with van der Waals surface area (Å²) in [7, 11) is 0. The van der Waals surface area contributed by atoms with Crippen molar-refractivity contribution < 1.29 is 9.59 Å². The maximum atomic E-state index is 12.1. The van der Waals surface area contributed by atoms with Crippen LogP contribution in [0.5, 0.6) is 0 Å². The Morgan fingerprint density at radius 1 is 1.25 bits per heavy atom. The fourth-order valence-corrected chi connectivity index (χ4v) is 3.25. The van der Waals surface area contributed by atoms with Crippen LogP contribution in [0.25, 0.3) is 0 Å². The van der Waals surface area contributed by atoms with E-state index in [2.05, 4.69) is 20.7 Å². The third-order valence-electron chi connectivity index (χ3n) is 4.54. The lowest BCUT2D eigenvalue weighted by molar-refractivity contribution is -0.122. The first-order valence-corrected chi connectivity index (χ1v) is 8.61. The maximum absolute atomic E-state index is 12.1. The second-order valence-electron chi connectivity index (χ2n) is 6.60. The van der Waals surface area contributed by atoms with Crippen LogP contribution in [0.15, 0.2) is 29.4 Å². The van der Waals surface area contributed by atoms with Crippen molar-refractivity contribution in [3.63, 3.8) is 0 Å². The summed E-state index contributed by atoms with van der Waals surface area (Å²) in [6, 6.07) is 7.64. The Kier molecular flexibility index (Phi) is 5.25. The molecule has 2 aliphatic heterocycles. The summed E-state index contributed by atoms with van der Waals surface area (Å²) >= 11 is 0. The summed E-state index contributed by atoms with van der Waals surface area (Å²) < 4.78 is 0. The van der Waals surface area contributed by atoms with E-state index < -0.39 is 0 Å². The SMILES string of the molecule is CC1CC(=O)NN=C1c1ccc(NC(=O)CN2CCCCC2)cc1. The fraction of sp³-hybridized carbons (Fsp3) is 0.500. The molecule has 1 aromatic rings. The number of anilines is 1. The fourth-order valence-electron chi connectivity index (χ4n) is 3.25. The molecule has 6 nitrogen and oxygen atoms in total. The molecule has 3 rings (SSSR count). The predicted octanol–water partition coefficient (Wildman–Crippen LogP) is 1.97. The standard InChI is InChI=1S/C18H24N4O2/c1-13-11-16(23)20-21-18(13)14-5-7-15(8-6-14)19-17(24)12-22-9-3-2-4-10-22/h5-8,13H,2-4,9-12H2,1H3,(H,19,24)(H,20,23). The van der Waals surface area contributed by atoms with Gasteiger partial charge in [0.2, 0.25) is 11.8 Å². The average molecular weight is 328 g/mol. The van der Waals surface area contributed by atoms with Crippen molar-refractivity contribution >= 4 is 23.2 Å². The Balaban J connectivity index is 1.58. The summed E-state index contributed by atoms with van der Waals surface area (Å²) in [5.74, 6) is 0.0754. The van der Waals surface area contributed by atoms with Crippen LogP contribution in [0, 0.1) is 5.92 Å². The molecule has 0 aromatic heterocycles. The van der Waals surface area contributed by atoms with E-state index in [0.717, 1.165) is 30.1 Å². The molecule has 1 saturated heterocycles. The van der Waals surface area contributed by atoms with Crippen LogP contribution in [-0.2, 0) is 9.59 Å². The van der Waals surface area contributed by atoms with Gasteiger partial charge in [0.25, 0.3) is 0 Å². The van der Waals surface area contributed by atoms with Gasteiger partial charge in [-0.3, -0.25) is 14.5 Å². The molecule has 1 fully saturated rings. The van der Waals surface area contributed by atoms with Crippen molar-refractivity contribution in [3.8, 4) is 0 Å². The van der Waals surface area contributed by atoms with Gasteiger partial charge in [0.15, 0.2) is 0 Å². The number of amides is 2. The highest BCUT2D eigenvalue weighted by Crippen LogP contribution is 2.18. The summed E-state index contributed by atoms with van der Waals surface area (Å²) in [5.41, 5.74) is 5.16. The summed E-state index contributed by atoms with van der Waals surface area (Å²) in [4.78, 5) is 25.7. The number of nitrogens with one attached hydrogen (secondary N) is 2. The minimum absolute atomic E-state index is 0.0280. The lowest BCUT2D eigenvalue weighted by Crippen LogP contribution is -2.36. The topological polar surface area (TPSA) is 73.8 Å². The molecule has 2 aliphatic rings. The number of carbonyl (C=O) groups is 2. The van der Waals surface area contributed by atoms with Gasteiger partial charge in [-0.2, -0.15) is 5.10 Å². The van der Waals surface area contributed by atoms with Crippen LogP contribution in [0.4, 0.5) is 5.69 Å². The number of benzene rings is 1. The first-order valence-electron chi connectivity index (χ1n) is 8.61. The minimum Gasteiger partial charge on any atom is -0.325 e. The highest BCUT2D eigenvalue weighted by molar-refractivity contribution is 6.06. The van der Waals surface area contributed by atoms with Gasteiger partial charge in [0.05, 0.1) is 12.3 Å². The summed E-state index contributed by atoms with van der Waals surface area (Å²) in [6.07, 6.45) is 4.08. The highest BCUT2D eigenvalue weighted by atomic mass is 16.2. The highest BCUT2D eigenvalue weighted by Gasteiger charge is 2.21. The van der Waals surface area contributed by atoms with E-state index in [1.165, 1.54) is 19.3 Å². The lowest BCUT2D eigenvalue weighted by Gasteiger charge is -2.25. The van der Waals surface area contributed by atoms with Gasteiger partial charge in [-0.15, -0.1) is 0 Å². The number of carbonyl (C=O) groups excluding carboxylic acids is 2. The van der Waals surface area contributed by atoms with E-state index in [0.29, 0.717) is 13.0 Å². The molecule has 24 heavy (non-hydrogen) atoms. The third kappa shape index (κ3) is 4.20. The smallest absolute Gasteiger partial charge is 0.240 e. The van der Waals surface area contributed by atoms with Crippen molar-refractivity contribution in [2.45, 2.75) is 32.6 Å². The number of rotatable bonds is 4. The molecule has 1 unspecified atom stereocenters. The molecule has 2 heterocycles.